The Balaban J connectivity index is 2.47. The predicted octanol–water partition coefficient (Wildman–Crippen LogP) is 4.31. The van der Waals surface area contributed by atoms with E-state index in [4.69, 9.17) is 26.8 Å². The zero-order chi connectivity index (χ0) is 15.6. The molecule has 1 atom stereocenters. The van der Waals surface area contributed by atoms with Gasteiger partial charge in [-0.3, -0.25) is 0 Å². The highest BCUT2D eigenvalue weighted by atomic mass is 79.9. The summed E-state index contributed by atoms with van der Waals surface area (Å²) in [4.78, 5) is 0. The van der Waals surface area contributed by atoms with Gasteiger partial charge in [-0.1, -0.05) is 33.6 Å². The number of hydrogen-bond donors (Lipinski definition) is 1. The number of rotatable bonds is 4. The third-order valence-corrected chi connectivity index (χ3v) is 4.12. The third kappa shape index (κ3) is 3.31. The van der Waals surface area contributed by atoms with Gasteiger partial charge in [-0.2, -0.15) is 0 Å². The Morgan fingerprint density at radius 3 is 2.33 bits per heavy atom. The molecule has 0 spiro atoms. The molecule has 0 fully saturated rings. The number of nitrogens with two attached hydrogens (primary N) is 1. The number of halogens is 3. The second kappa shape index (κ2) is 6.64. The lowest BCUT2D eigenvalue weighted by molar-refractivity contribution is 0.354. The Kier molecular flexibility index (Phi) is 5.08. The quantitative estimate of drug-likeness (QED) is 0.867. The van der Waals surface area contributed by atoms with E-state index in [0.29, 0.717) is 17.1 Å². The van der Waals surface area contributed by atoms with Crippen LogP contribution < -0.4 is 15.2 Å². The molecule has 0 aliphatic carbocycles. The fraction of sp³-hybridized carbons (Fsp3) is 0.200. The molecule has 0 saturated heterocycles. The second-order valence-corrected chi connectivity index (χ2v) is 5.64. The largest absolute Gasteiger partial charge is 0.493 e. The van der Waals surface area contributed by atoms with E-state index in [1.165, 1.54) is 12.1 Å². The van der Waals surface area contributed by atoms with Crippen LogP contribution in [-0.2, 0) is 0 Å². The molecule has 0 aliphatic heterocycles. The van der Waals surface area contributed by atoms with E-state index in [0.717, 1.165) is 10.0 Å². The number of methoxy groups -OCH3 is 2. The van der Waals surface area contributed by atoms with E-state index in [1.807, 2.05) is 0 Å². The van der Waals surface area contributed by atoms with Crippen LogP contribution in [0.1, 0.15) is 17.2 Å². The summed E-state index contributed by atoms with van der Waals surface area (Å²) in [6.07, 6.45) is 0. The zero-order valence-corrected chi connectivity index (χ0v) is 13.8. The van der Waals surface area contributed by atoms with E-state index >= 15 is 0 Å². The molecule has 2 N–H and O–H groups in total. The topological polar surface area (TPSA) is 44.5 Å². The Morgan fingerprint density at radius 2 is 1.76 bits per heavy atom. The second-order valence-electron chi connectivity index (χ2n) is 4.38. The molecule has 21 heavy (non-hydrogen) atoms. The zero-order valence-electron chi connectivity index (χ0n) is 11.5. The fourth-order valence-corrected chi connectivity index (χ4v) is 2.75. The Morgan fingerprint density at radius 1 is 1.14 bits per heavy atom. The summed E-state index contributed by atoms with van der Waals surface area (Å²) >= 11 is 9.26. The molecule has 1 unspecified atom stereocenters. The van der Waals surface area contributed by atoms with Gasteiger partial charge in [0.05, 0.1) is 25.3 Å². The molecule has 2 aromatic carbocycles. The third-order valence-electron chi connectivity index (χ3n) is 3.14. The van der Waals surface area contributed by atoms with Gasteiger partial charge in [0.15, 0.2) is 11.5 Å². The molecule has 0 bridgehead atoms. The van der Waals surface area contributed by atoms with Gasteiger partial charge in [0.1, 0.15) is 5.82 Å². The maximum atomic E-state index is 13.2. The van der Waals surface area contributed by atoms with Crippen LogP contribution in [0.15, 0.2) is 34.8 Å². The van der Waals surface area contributed by atoms with Crippen molar-refractivity contribution < 1.29 is 13.9 Å². The van der Waals surface area contributed by atoms with Crippen molar-refractivity contribution in [2.24, 2.45) is 5.73 Å². The monoisotopic (exact) mass is 373 g/mol. The van der Waals surface area contributed by atoms with E-state index < -0.39 is 11.9 Å². The lowest BCUT2D eigenvalue weighted by Gasteiger charge is -2.17. The van der Waals surface area contributed by atoms with Crippen molar-refractivity contribution in [1.82, 2.24) is 0 Å². The lowest BCUT2D eigenvalue weighted by Crippen LogP contribution is -2.13. The molecule has 2 aromatic rings. The van der Waals surface area contributed by atoms with Gasteiger partial charge in [-0.15, -0.1) is 0 Å². The SMILES string of the molecule is COc1cc(Br)c(C(N)c2ccc(F)c(Cl)c2)cc1OC. The van der Waals surface area contributed by atoms with Crippen molar-refractivity contribution >= 4 is 27.5 Å². The van der Waals surface area contributed by atoms with Gasteiger partial charge in [-0.25, -0.2) is 4.39 Å². The highest BCUT2D eigenvalue weighted by Gasteiger charge is 2.17. The molecule has 6 heteroatoms. The van der Waals surface area contributed by atoms with Crippen LogP contribution in [0.5, 0.6) is 11.5 Å². The van der Waals surface area contributed by atoms with Crippen molar-refractivity contribution in [3.05, 3.63) is 56.8 Å². The Bertz CT molecular complexity index is 666. The van der Waals surface area contributed by atoms with E-state index in [9.17, 15) is 4.39 Å². The smallest absolute Gasteiger partial charge is 0.161 e. The maximum Gasteiger partial charge on any atom is 0.161 e. The summed E-state index contributed by atoms with van der Waals surface area (Å²) in [6, 6.07) is 7.51. The van der Waals surface area contributed by atoms with Crippen molar-refractivity contribution in [3.63, 3.8) is 0 Å². The first-order valence-corrected chi connectivity index (χ1v) is 7.27. The van der Waals surface area contributed by atoms with Crippen LogP contribution in [0.2, 0.25) is 5.02 Å². The van der Waals surface area contributed by atoms with Gasteiger partial charge >= 0.3 is 0 Å². The minimum Gasteiger partial charge on any atom is -0.493 e. The first kappa shape index (κ1) is 16.1. The van der Waals surface area contributed by atoms with Gasteiger partial charge in [0.2, 0.25) is 0 Å². The highest BCUT2D eigenvalue weighted by molar-refractivity contribution is 9.10. The summed E-state index contributed by atoms with van der Waals surface area (Å²) in [5.74, 6) is 0.691. The van der Waals surface area contributed by atoms with Crippen LogP contribution in [0.3, 0.4) is 0 Å². The van der Waals surface area contributed by atoms with Crippen molar-refractivity contribution in [2.75, 3.05) is 14.2 Å². The standard InChI is InChI=1S/C15H14BrClFNO2/c1-20-13-6-9(10(16)7-14(13)21-2)15(19)8-3-4-12(18)11(17)5-8/h3-7,15H,19H2,1-2H3. The molecule has 0 aromatic heterocycles. The van der Waals surface area contributed by atoms with Crippen molar-refractivity contribution in [1.29, 1.82) is 0 Å². The fourth-order valence-electron chi connectivity index (χ4n) is 1.99. The van der Waals surface area contributed by atoms with Crippen LogP contribution >= 0.6 is 27.5 Å². The van der Waals surface area contributed by atoms with Gasteiger partial charge in [0, 0.05) is 4.47 Å². The van der Waals surface area contributed by atoms with E-state index in [-0.39, 0.29) is 5.02 Å². The molecule has 0 heterocycles. The molecular formula is C15H14BrClFNO2. The summed E-state index contributed by atoms with van der Waals surface area (Å²) in [5, 5.41) is 0.0412. The average Bonchev–Trinajstić information content (AvgIpc) is 2.49. The van der Waals surface area contributed by atoms with Gasteiger partial charge < -0.3 is 15.2 Å². The summed E-state index contributed by atoms with van der Waals surface area (Å²) in [5.41, 5.74) is 7.73. The number of ether oxygens (including phenoxy) is 2. The first-order chi connectivity index (χ1) is 9.97. The minimum absolute atomic E-state index is 0.0412. The lowest BCUT2D eigenvalue weighted by atomic mass is 9.99. The Hall–Kier alpha value is -1.30. The minimum atomic E-state index is -0.475. The molecule has 112 valence electrons. The molecule has 0 saturated carbocycles. The summed E-state index contributed by atoms with van der Waals surface area (Å²) in [7, 11) is 3.11. The van der Waals surface area contributed by atoms with Crippen LogP contribution in [0, 0.1) is 5.82 Å². The van der Waals surface area contributed by atoms with Crippen LogP contribution in [0.25, 0.3) is 0 Å². The molecule has 0 aliphatic rings. The molecular weight excluding hydrogens is 361 g/mol. The molecule has 0 amide bonds. The summed E-state index contributed by atoms with van der Waals surface area (Å²) in [6.45, 7) is 0. The first-order valence-electron chi connectivity index (χ1n) is 6.10. The van der Waals surface area contributed by atoms with E-state index in [2.05, 4.69) is 15.9 Å². The molecule has 3 nitrogen and oxygen atoms in total. The van der Waals surface area contributed by atoms with Crippen LogP contribution in [-0.4, -0.2) is 14.2 Å². The maximum absolute atomic E-state index is 13.2. The summed E-state index contributed by atoms with van der Waals surface area (Å²) < 4.78 is 24.5. The molecule has 0 radical (unpaired) electrons. The van der Waals surface area contributed by atoms with E-state index in [1.54, 1.807) is 32.4 Å². The normalized spacial score (nSPS) is 12.1. The van der Waals surface area contributed by atoms with Crippen molar-refractivity contribution in [3.8, 4) is 11.5 Å². The Labute approximate surface area is 135 Å². The van der Waals surface area contributed by atoms with Crippen LogP contribution in [0.4, 0.5) is 4.39 Å². The number of hydrogen-bond acceptors (Lipinski definition) is 3. The number of benzene rings is 2. The molecule has 2 rings (SSSR count). The van der Waals surface area contributed by atoms with Crippen molar-refractivity contribution in [2.45, 2.75) is 6.04 Å². The average molecular weight is 375 g/mol. The highest BCUT2D eigenvalue weighted by Crippen LogP contribution is 2.37. The van der Waals surface area contributed by atoms with Gasteiger partial charge in [0.25, 0.3) is 0 Å². The predicted molar refractivity (Wildman–Crippen MR) is 84.7 cm³/mol. The van der Waals surface area contributed by atoms with Gasteiger partial charge in [-0.05, 0) is 35.4 Å².